The number of nitrogens with one attached hydrogen (secondary N) is 1. The summed E-state index contributed by atoms with van der Waals surface area (Å²) in [4.78, 5) is 0. The van der Waals surface area contributed by atoms with E-state index in [0.29, 0.717) is 13.1 Å². The Bertz CT molecular complexity index is 614. The summed E-state index contributed by atoms with van der Waals surface area (Å²) in [5.74, 6) is 0. The molecule has 0 heterocycles. The molecular weight excluding hydrogens is 274 g/mol. The molecule has 118 valence electrons. The minimum atomic E-state index is -0.587. The first-order valence-electron chi connectivity index (χ1n) is 8.27. The number of hydrogen-bond acceptors (Lipinski definition) is 3. The van der Waals surface area contributed by atoms with Crippen LogP contribution in [0.4, 0.5) is 0 Å². The monoisotopic (exact) mass is 299 g/mol. The van der Waals surface area contributed by atoms with Crippen molar-refractivity contribution in [1.82, 2.24) is 5.32 Å². The fraction of sp³-hybridized carbons (Fsp3) is 0.474. The SMILES string of the molecule is OC(CNCC1(O)CCCCC1)c1cccc2ccccc12. The summed E-state index contributed by atoms with van der Waals surface area (Å²) in [6.07, 6.45) is 4.60. The van der Waals surface area contributed by atoms with Gasteiger partial charge in [0.05, 0.1) is 11.7 Å². The summed E-state index contributed by atoms with van der Waals surface area (Å²) >= 11 is 0. The van der Waals surface area contributed by atoms with Crippen LogP contribution in [0, 0.1) is 0 Å². The van der Waals surface area contributed by atoms with Crippen LogP contribution >= 0.6 is 0 Å². The van der Waals surface area contributed by atoms with E-state index in [4.69, 9.17) is 0 Å². The van der Waals surface area contributed by atoms with Gasteiger partial charge in [-0.2, -0.15) is 0 Å². The second-order valence-corrected chi connectivity index (χ2v) is 6.50. The maximum absolute atomic E-state index is 10.5. The van der Waals surface area contributed by atoms with E-state index in [2.05, 4.69) is 17.4 Å². The van der Waals surface area contributed by atoms with Gasteiger partial charge in [-0.25, -0.2) is 0 Å². The van der Waals surface area contributed by atoms with Crippen molar-refractivity contribution in [3.8, 4) is 0 Å². The lowest BCUT2D eigenvalue weighted by atomic mass is 9.85. The first-order chi connectivity index (χ1) is 10.7. The van der Waals surface area contributed by atoms with Crippen molar-refractivity contribution in [2.45, 2.75) is 43.8 Å². The van der Waals surface area contributed by atoms with Crippen LogP contribution in [0.1, 0.15) is 43.8 Å². The van der Waals surface area contributed by atoms with Crippen LogP contribution in [0.2, 0.25) is 0 Å². The predicted octanol–water partition coefficient (Wildman–Crippen LogP) is 3.16. The van der Waals surface area contributed by atoms with Gasteiger partial charge in [0.25, 0.3) is 0 Å². The van der Waals surface area contributed by atoms with Crippen LogP contribution in [-0.4, -0.2) is 28.9 Å². The van der Waals surface area contributed by atoms with Gasteiger partial charge in [0.1, 0.15) is 0 Å². The molecule has 0 spiro atoms. The second kappa shape index (κ2) is 6.78. The topological polar surface area (TPSA) is 52.5 Å². The van der Waals surface area contributed by atoms with Crippen LogP contribution < -0.4 is 5.32 Å². The number of fused-ring (bicyclic) bond motifs is 1. The molecule has 2 aromatic carbocycles. The Balaban J connectivity index is 1.62. The molecule has 1 fully saturated rings. The number of aliphatic hydroxyl groups is 2. The summed E-state index contributed by atoms with van der Waals surface area (Å²) in [6, 6.07) is 14.1. The van der Waals surface area contributed by atoms with E-state index < -0.39 is 11.7 Å². The first-order valence-corrected chi connectivity index (χ1v) is 8.27. The molecule has 0 bridgehead atoms. The molecule has 3 nitrogen and oxygen atoms in total. The maximum Gasteiger partial charge on any atom is 0.0920 e. The van der Waals surface area contributed by atoms with E-state index >= 15 is 0 Å². The van der Waals surface area contributed by atoms with Gasteiger partial charge in [0.2, 0.25) is 0 Å². The Morgan fingerprint density at radius 1 is 1.00 bits per heavy atom. The highest BCUT2D eigenvalue weighted by atomic mass is 16.3. The number of rotatable bonds is 5. The minimum absolute atomic E-state index is 0.469. The lowest BCUT2D eigenvalue weighted by Gasteiger charge is -2.32. The van der Waals surface area contributed by atoms with Gasteiger partial charge < -0.3 is 15.5 Å². The molecular formula is C19H25NO2. The van der Waals surface area contributed by atoms with Crippen molar-refractivity contribution in [2.75, 3.05) is 13.1 Å². The van der Waals surface area contributed by atoms with Gasteiger partial charge in [0.15, 0.2) is 0 Å². The smallest absolute Gasteiger partial charge is 0.0920 e. The largest absolute Gasteiger partial charge is 0.389 e. The third-order valence-electron chi connectivity index (χ3n) is 4.76. The van der Waals surface area contributed by atoms with Crippen molar-refractivity contribution < 1.29 is 10.2 Å². The molecule has 0 saturated heterocycles. The van der Waals surface area contributed by atoms with Crippen molar-refractivity contribution in [3.05, 3.63) is 48.0 Å². The van der Waals surface area contributed by atoms with Crippen molar-refractivity contribution in [3.63, 3.8) is 0 Å². The van der Waals surface area contributed by atoms with E-state index in [0.717, 1.165) is 42.0 Å². The fourth-order valence-corrected chi connectivity index (χ4v) is 3.48. The van der Waals surface area contributed by atoms with Crippen LogP contribution in [0.25, 0.3) is 10.8 Å². The summed E-state index contributed by atoms with van der Waals surface area (Å²) in [7, 11) is 0. The lowest BCUT2D eigenvalue weighted by molar-refractivity contribution is 0.00267. The normalized spacial score (nSPS) is 19.2. The van der Waals surface area contributed by atoms with Crippen LogP contribution in [-0.2, 0) is 0 Å². The Labute approximate surface area is 132 Å². The van der Waals surface area contributed by atoms with Gasteiger partial charge in [-0.15, -0.1) is 0 Å². The maximum atomic E-state index is 10.5. The quantitative estimate of drug-likeness (QED) is 0.795. The molecule has 3 heteroatoms. The molecule has 0 aliphatic heterocycles. The summed E-state index contributed by atoms with van der Waals surface area (Å²) in [5.41, 5.74) is 0.359. The Morgan fingerprint density at radius 2 is 1.73 bits per heavy atom. The van der Waals surface area contributed by atoms with Gasteiger partial charge in [-0.1, -0.05) is 61.7 Å². The Kier molecular flexibility index (Phi) is 4.77. The van der Waals surface area contributed by atoms with Gasteiger partial charge in [-0.3, -0.25) is 0 Å². The fourth-order valence-electron chi connectivity index (χ4n) is 3.48. The van der Waals surface area contributed by atoms with Crippen molar-refractivity contribution >= 4 is 10.8 Å². The number of benzene rings is 2. The standard InChI is InChI=1S/C19H25NO2/c21-18(13-20-14-19(22)11-4-1-5-12-19)17-10-6-8-15-7-2-3-9-16(15)17/h2-3,6-10,18,20-22H,1,4-5,11-14H2. The highest BCUT2D eigenvalue weighted by molar-refractivity contribution is 5.85. The van der Waals surface area contributed by atoms with Gasteiger partial charge in [0, 0.05) is 13.1 Å². The molecule has 1 aliphatic carbocycles. The van der Waals surface area contributed by atoms with E-state index in [9.17, 15) is 10.2 Å². The zero-order valence-electron chi connectivity index (χ0n) is 13.0. The van der Waals surface area contributed by atoms with Crippen LogP contribution in [0.15, 0.2) is 42.5 Å². The number of aliphatic hydroxyl groups excluding tert-OH is 1. The van der Waals surface area contributed by atoms with Crippen LogP contribution in [0.5, 0.6) is 0 Å². The summed E-state index contributed by atoms with van der Waals surface area (Å²) < 4.78 is 0. The number of hydrogen-bond donors (Lipinski definition) is 3. The van der Waals surface area contributed by atoms with E-state index in [-0.39, 0.29) is 0 Å². The average molecular weight is 299 g/mol. The average Bonchev–Trinajstić information content (AvgIpc) is 2.54. The zero-order valence-corrected chi connectivity index (χ0v) is 13.0. The van der Waals surface area contributed by atoms with E-state index in [1.54, 1.807) is 0 Å². The molecule has 1 unspecified atom stereocenters. The van der Waals surface area contributed by atoms with Crippen LogP contribution in [0.3, 0.4) is 0 Å². The molecule has 1 aliphatic rings. The van der Waals surface area contributed by atoms with Gasteiger partial charge >= 0.3 is 0 Å². The molecule has 1 saturated carbocycles. The van der Waals surface area contributed by atoms with Gasteiger partial charge in [-0.05, 0) is 29.2 Å². The van der Waals surface area contributed by atoms with Crippen molar-refractivity contribution in [1.29, 1.82) is 0 Å². The highest BCUT2D eigenvalue weighted by Crippen LogP contribution is 2.28. The second-order valence-electron chi connectivity index (χ2n) is 6.50. The third-order valence-corrected chi connectivity index (χ3v) is 4.76. The molecule has 3 N–H and O–H groups in total. The molecule has 0 aromatic heterocycles. The minimum Gasteiger partial charge on any atom is -0.389 e. The Morgan fingerprint density at radius 3 is 2.55 bits per heavy atom. The molecule has 1 atom stereocenters. The summed E-state index contributed by atoms with van der Waals surface area (Å²) in [6.45, 7) is 1.03. The molecule has 2 aromatic rings. The first kappa shape index (κ1) is 15.5. The molecule has 22 heavy (non-hydrogen) atoms. The van der Waals surface area contributed by atoms with E-state index in [1.165, 1.54) is 6.42 Å². The molecule has 3 rings (SSSR count). The summed E-state index contributed by atoms with van der Waals surface area (Å²) in [5, 5.41) is 26.5. The zero-order chi connectivity index (χ0) is 15.4. The van der Waals surface area contributed by atoms with E-state index in [1.807, 2.05) is 30.3 Å². The molecule has 0 radical (unpaired) electrons. The van der Waals surface area contributed by atoms with Crippen molar-refractivity contribution in [2.24, 2.45) is 0 Å². The molecule has 0 amide bonds. The highest BCUT2D eigenvalue weighted by Gasteiger charge is 2.28. The third kappa shape index (κ3) is 3.49. The predicted molar refractivity (Wildman–Crippen MR) is 89.8 cm³/mol. The lowest BCUT2D eigenvalue weighted by Crippen LogP contribution is -2.43. The Hall–Kier alpha value is -1.42.